The maximum Gasteiger partial charge on any atom is 0.317 e. The van der Waals surface area contributed by atoms with Crippen LogP contribution in [0.1, 0.15) is 104 Å². The number of rotatable bonds is 18. The van der Waals surface area contributed by atoms with Crippen LogP contribution < -0.4 is 25.2 Å². The number of aromatic nitrogens is 6. The number of alkyl halides is 2. The highest BCUT2D eigenvalue weighted by Gasteiger charge is 2.64. The zero-order chi connectivity index (χ0) is 57.2. The number of aryl methyl sites for hydroxylation is 2. The minimum atomic E-state index is -2.70. The van der Waals surface area contributed by atoms with Gasteiger partial charge in [-0.15, -0.1) is 0 Å². The highest BCUT2D eigenvalue weighted by molar-refractivity contribution is 6.31. The summed E-state index contributed by atoms with van der Waals surface area (Å²) in [6, 6.07) is 10.2. The number of hydrogen-bond donors (Lipinski definition) is 2. The molecule has 432 valence electrons. The molecule has 1 saturated carbocycles. The largest absolute Gasteiger partial charge is 0.489 e. The van der Waals surface area contributed by atoms with Crippen molar-refractivity contribution >= 4 is 46.9 Å². The molecule has 2 aromatic carbocycles. The van der Waals surface area contributed by atoms with E-state index in [1.54, 1.807) is 72.7 Å². The number of urea groups is 1. The molecule has 20 nitrogen and oxygen atoms in total. The van der Waals surface area contributed by atoms with Crippen LogP contribution in [0.15, 0.2) is 55.1 Å². The lowest BCUT2D eigenvalue weighted by molar-refractivity contribution is -0.164. The van der Waals surface area contributed by atoms with Crippen molar-refractivity contribution in [3.63, 3.8) is 0 Å². The number of benzene rings is 2. The molecule has 0 bridgehead atoms. The molecular formula is C58H73ClF2N14O6. The number of halogens is 3. The smallest absolute Gasteiger partial charge is 0.317 e. The number of nitrogens with zero attached hydrogens (tertiary/aromatic N) is 12. The van der Waals surface area contributed by atoms with E-state index in [9.17, 15) is 28.4 Å². The highest BCUT2D eigenvalue weighted by atomic mass is 35.5. The van der Waals surface area contributed by atoms with E-state index in [1.165, 1.54) is 0 Å². The molecule has 0 unspecified atom stereocenters. The number of carbonyl (C=O) groups is 3. The van der Waals surface area contributed by atoms with Crippen LogP contribution in [0.3, 0.4) is 0 Å². The number of likely N-dealkylation sites (tertiary alicyclic amines) is 1. The number of fused-ring (bicyclic) bond motifs is 2. The molecule has 3 fully saturated rings. The van der Waals surface area contributed by atoms with E-state index in [0.717, 1.165) is 68.8 Å². The summed E-state index contributed by atoms with van der Waals surface area (Å²) in [6.45, 7) is 16.1. The van der Waals surface area contributed by atoms with Crippen LogP contribution in [0.5, 0.6) is 5.75 Å². The number of ether oxygens (including phenoxy) is 3. The van der Waals surface area contributed by atoms with E-state index in [4.69, 9.17) is 30.9 Å². The zero-order valence-electron chi connectivity index (χ0n) is 47.1. The monoisotopic (exact) mass is 1130 g/mol. The summed E-state index contributed by atoms with van der Waals surface area (Å²) in [5, 5.41) is 25.0. The van der Waals surface area contributed by atoms with Gasteiger partial charge in [0.15, 0.2) is 5.82 Å². The molecule has 5 aromatic rings. The third-order valence-electron chi connectivity index (χ3n) is 17.0. The Hall–Kier alpha value is -6.93. The Morgan fingerprint density at radius 1 is 0.901 bits per heavy atom. The first-order valence-electron chi connectivity index (χ1n) is 28.1. The van der Waals surface area contributed by atoms with Crippen LogP contribution in [0, 0.1) is 22.2 Å². The molecular weight excluding hydrogens is 1060 g/mol. The van der Waals surface area contributed by atoms with Crippen molar-refractivity contribution in [3.05, 3.63) is 93.7 Å². The predicted octanol–water partition coefficient (Wildman–Crippen LogP) is 7.34. The standard InChI is InChI=1S/C58H73ClF2N14O6/c1-57(2)53(58(3,4)54(57)81-42-11-10-38(30-62)46(59)28-42)67-52(77)39-31-64-55(65-32-39)72-22-20-70(21-23-72)15-8-24-79-25-26-80-36-49(76)71-17-12-41(13-18-71)75-47-14-19-73(56(78)63-5)35-45(47)51(68-75)74-16-7-9-37-27-43(40-33-66-69(6)34-40)44(50(60)61)29-48(37)74/h10-11,27-29,31-34,41,50,53-54H,7-9,12-26,35-36H2,1-6H3,(H,63,78)(H,67,77). The number of nitrogens with one attached hydrogen (secondary N) is 2. The maximum atomic E-state index is 14.8. The number of piperazine rings is 1. The molecule has 23 heteroatoms. The number of nitriles is 1. The van der Waals surface area contributed by atoms with Crippen LogP contribution in [0.2, 0.25) is 5.02 Å². The van der Waals surface area contributed by atoms with Gasteiger partial charge in [-0.05, 0) is 67.5 Å². The summed E-state index contributed by atoms with van der Waals surface area (Å²) < 4.78 is 51.3. The fourth-order valence-electron chi connectivity index (χ4n) is 12.9. The first-order chi connectivity index (χ1) is 38.9. The fraction of sp³-hybridized carbons (Fsp3) is 0.552. The van der Waals surface area contributed by atoms with E-state index in [1.807, 2.05) is 11.0 Å². The van der Waals surface area contributed by atoms with Crippen molar-refractivity contribution in [2.24, 2.45) is 17.9 Å². The van der Waals surface area contributed by atoms with Gasteiger partial charge >= 0.3 is 6.03 Å². The predicted molar refractivity (Wildman–Crippen MR) is 301 cm³/mol. The molecule has 4 amide bonds. The van der Waals surface area contributed by atoms with E-state index in [-0.39, 0.29) is 48.2 Å². The van der Waals surface area contributed by atoms with Crippen LogP contribution in [-0.4, -0.2) is 167 Å². The van der Waals surface area contributed by atoms with Gasteiger partial charge in [0.1, 0.15) is 24.5 Å². The summed E-state index contributed by atoms with van der Waals surface area (Å²) >= 11 is 6.26. The van der Waals surface area contributed by atoms with Gasteiger partial charge < -0.3 is 44.4 Å². The maximum absolute atomic E-state index is 14.8. The van der Waals surface area contributed by atoms with Gasteiger partial charge in [0.2, 0.25) is 11.9 Å². The van der Waals surface area contributed by atoms with Crippen molar-refractivity contribution in [1.82, 2.24) is 54.9 Å². The molecule has 0 spiro atoms. The van der Waals surface area contributed by atoms with Crippen LogP contribution in [0.25, 0.3) is 11.1 Å². The second-order valence-electron chi connectivity index (χ2n) is 23.0. The summed E-state index contributed by atoms with van der Waals surface area (Å²) in [4.78, 5) is 59.0. The lowest BCUT2D eigenvalue weighted by atomic mass is 9.49. The van der Waals surface area contributed by atoms with Crippen LogP contribution in [-0.2, 0) is 40.7 Å². The van der Waals surface area contributed by atoms with Gasteiger partial charge in [-0.1, -0.05) is 39.3 Å². The molecule has 5 aliphatic rings. The lowest BCUT2D eigenvalue weighted by Gasteiger charge is -2.63. The van der Waals surface area contributed by atoms with Crippen molar-refractivity contribution in [2.75, 3.05) is 102 Å². The van der Waals surface area contributed by atoms with Crippen molar-refractivity contribution in [3.8, 4) is 22.9 Å². The molecule has 2 N–H and O–H groups in total. The number of amides is 4. The van der Waals surface area contributed by atoms with Crippen molar-refractivity contribution in [2.45, 2.75) is 97.4 Å². The summed E-state index contributed by atoms with van der Waals surface area (Å²) in [6.07, 6.45) is 8.00. The fourth-order valence-corrected chi connectivity index (χ4v) is 13.2. The Morgan fingerprint density at radius 2 is 1.64 bits per heavy atom. The SMILES string of the molecule is CNC(=O)N1CCc2c(c(N3CCCc4cc(-c5cnn(C)c5)c(C(F)F)cc43)nn2C2CCN(C(=O)COCCOCCCN3CCN(c4ncc(C(=O)NC5C(C)(C)C(Oc6ccc(C#N)c(Cl)c6)C5(C)C)cn4)CC3)CC2)C1. The second-order valence-corrected chi connectivity index (χ2v) is 23.4. The van der Waals surface area contributed by atoms with Gasteiger partial charge in [-0.2, -0.15) is 15.5 Å². The summed E-state index contributed by atoms with van der Waals surface area (Å²) in [5.74, 6) is 1.54. The minimum absolute atomic E-state index is 0.0178. The van der Waals surface area contributed by atoms with Gasteiger partial charge in [0.05, 0.1) is 48.1 Å². The normalized spacial score (nSPS) is 19.9. The molecule has 3 aromatic heterocycles. The molecule has 0 atom stereocenters. The number of piperidine rings is 1. The first-order valence-corrected chi connectivity index (χ1v) is 28.5. The minimum Gasteiger partial charge on any atom is -0.489 e. The first kappa shape index (κ1) is 57.3. The summed E-state index contributed by atoms with van der Waals surface area (Å²) in [5.41, 5.74) is 4.68. The third kappa shape index (κ3) is 12.0. The number of anilines is 3. The molecule has 81 heavy (non-hydrogen) atoms. The summed E-state index contributed by atoms with van der Waals surface area (Å²) in [7, 11) is 3.39. The van der Waals surface area contributed by atoms with Crippen molar-refractivity contribution in [1.29, 1.82) is 5.26 Å². The molecule has 0 radical (unpaired) electrons. The molecule has 7 heterocycles. The topological polar surface area (TPSA) is 204 Å². The van der Waals surface area contributed by atoms with Gasteiger partial charge in [-0.25, -0.2) is 23.5 Å². The highest BCUT2D eigenvalue weighted by Crippen LogP contribution is 2.56. The number of hydrogen-bond acceptors (Lipinski definition) is 14. The second kappa shape index (κ2) is 24.3. The Bertz CT molecular complexity index is 3110. The Labute approximate surface area is 476 Å². The van der Waals surface area contributed by atoms with E-state index in [0.29, 0.717) is 122 Å². The third-order valence-corrected chi connectivity index (χ3v) is 17.3. The molecule has 1 aliphatic carbocycles. The van der Waals surface area contributed by atoms with Crippen LogP contribution >= 0.6 is 11.6 Å². The quantitative estimate of drug-likeness (QED) is 0.0825. The zero-order valence-corrected chi connectivity index (χ0v) is 47.9. The molecule has 2 saturated heterocycles. The average Bonchev–Trinajstić information content (AvgIpc) is 2.76. The molecule has 10 rings (SSSR count). The average molecular weight is 1140 g/mol. The number of carbonyl (C=O) groups excluding carboxylic acids is 3. The van der Waals surface area contributed by atoms with E-state index >= 15 is 0 Å². The van der Waals surface area contributed by atoms with Crippen molar-refractivity contribution < 1.29 is 37.4 Å². The Balaban J connectivity index is 0.634. The Kier molecular flexibility index (Phi) is 17.2. The van der Waals surface area contributed by atoms with Crippen LogP contribution in [0.4, 0.5) is 31.0 Å². The Morgan fingerprint density at radius 3 is 2.32 bits per heavy atom. The van der Waals surface area contributed by atoms with E-state index < -0.39 is 17.3 Å². The van der Waals surface area contributed by atoms with Gasteiger partial charge in [0, 0.05) is 156 Å². The van der Waals surface area contributed by atoms with Gasteiger partial charge in [0.25, 0.3) is 12.3 Å². The van der Waals surface area contributed by atoms with E-state index in [2.05, 4.69) is 78.8 Å². The van der Waals surface area contributed by atoms with Gasteiger partial charge in [-0.3, -0.25) is 23.9 Å². The molecule has 4 aliphatic heterocycles. The lowest BCUT2D eigenvalue weighted by Crippen LogP contribution is -2.74.